The zero-order chi connectivity index (χ0) is 20.1. The summed E-state index contributed by atoms with van der Waals surface area (Å²) in [5.74, 6) is 0.592. The minimum absolute atomic E-state index is 0.0959. The second-order valence-electron chi connectivity index (χ2n) is 6.85. The summed E-state index contributed by atoms with van der Waals surface area (Å²) in [6, 6.07) is 12.2. The summed E-state index contributed by atoms with van der Waals surface area (Å²) < 4.78 is 7.60. The molecular weight excluding hydrogens is 406 g/mol. The zero-order valence-electron chi connectivity index (χ0n) is 16.0. The lowest BCUT2D eigenvalue weighted by molar-refractivity contribution is -0.121. The lowest BCUT2D eigenvalue weighted by Crippen LogP contribution is -2.36. The fourth-order valence-electron chi connectivity index (χ4n) is 3.34. The number of aromatic amines is 1. The number of carbonyl (C=O) groups excluding carboxylic acids is 1. The highest BCUT2D eigenvalue weighted by Gasteiger charge is 2.15. The van der Waals surface area contributed by atoms with Gasteiger partial charge < -0.3 is 10.1 Å². The Kier molecular flexibility index (Phi) is 6.50. The molecule has 7 nitrogen and oxygen atoms in total. The molecular formula is C20H23N5O2S2. The lowest BCUT2D eigenvalue weighted by atomic mass is 10.1. The van der Waals surface area contributed by atoms with Crippen LogP contribution in [-0.2, 0) is 29.2 Å². The number of amides is 1. The third kappa shape index (κ3) is 4.99. The number of carbonyl (C=O) groups is 1. The van der Waals surface area contributed by atoms with Gasteiger partial charge in [0.05, 0.1) is 18.1 Å². The van der Waals surface area contributed by atoms with Crippen LogP contribution in [0.4, 0.5) is 0 Å². The number of aromatic nitrogens is 3. The summed E-state index contributed by atoms with van der Waals surface area (Å²) in [7, 11) is 0. The molecule has 0 spiro atoms. The molecule has 2 N–H and O–H groups in total. The monoisotopic (exact) mass is 429 g/mol. The first kappa shape index (κ1) is 20.0. The normalized spacial score (nSPS) is 14.8. The Morgan fingerprint density at radius 1 is 1.21 bits per heavy atom. The quantitative estimate of drug-likeness (QED) is 0.565. The standard InChI is InChI=1S/C20H23N5O2S2/c26-18(14-25-19(22-23-20(25)28)17-6-3-11-29-17)21-12-15-4-1-2-5-16(15)13-24-7-9-27-10-8-24/h1-6,11H,7-10,12-14H2,(H,21,26)(H,23,28). The molecule has 0 saturated carbocycles. The van der Waals surface area contributed by atoms with Crippen molar-refractivity contribution in [2.45, 2.75) is 19.6 Å². The van der Waals surface area contributed by atoms with Crippen LogP contribution in [0.15, 0.2) is 41.8 Å². The summed E-state index contributed by atoms with van der Waals surface area (Å²) in [6.45, 7) is 4.90. The highest BCUT2D eigenvalue weighted by Crippen LogP contribution is 2.22. The average Bonchev–Trinajstić information content (AvgIpc) is 3.39. The highest BCUT2D eigenvalue weighted by atomic mass is 32.1. The van der Waals surface area contributed by atoms with Crippen molar-refractivity contribution in [3.05, 3.63) is 57.7 Å². The molecule has 2 aromatic heterocycles. The first-order valence-corrected chi connectivity index (χ1v) is 10.8. The van der Waals surface area contributed by atoms with Gasteiger partial charge in [-0.2, -0.15) is 5.10 Å². The van der Waals surface area contributed by atoms with Crippen LogP contribution in [-0.4, -0.2) is 51.9 Å². The van der Waals surface area contributed by atoms with Gasteiger partial charge in [0.2, 0.25) is 5.91 Å². The molecule has 0 bridgehead atoms. The van der Waals surface area contributed by atoms with Crippen LogP contribution in [0.2, 0.25) is 0 Å². The van der Waals surface area contributed by atoms with Gasteiger partial charge in [-0.1, -0.05) is 30.3 Å². The number of thiophene rings is 1. The van der Waals surface area contributed by atoms with E-state index < -0.39 is 0 Å². The smallest absolute Gasteiger partial charge is 0.240 e. The van der Waals surface area contributed by atoms with Gasteiger partial charge in [0, 0.05) is 26.2 Å². The third-order valence-electron chi connectivity index (χ3n) is 4.89. The number of hydrogen-bond donors (Lipinski definition) is 2. The topological polar surface area (TPSA) is 75.2 Å². The molecule has 1 aliphatic heterocycles. The zero-order valence-corrected chi connectivity index (χ0v) is 17.6. The van der Waals surface area contributed by atoms with E-state index in [4.69, 9.17) is 17.0 Å². The molecule has 0 unspecified atom stereocenters. The van der Waals surface area contributed by atoms with Crippen LogP contribution < -0.4 is 5.32 Å². The molecule has 1 saturated heterocycles. The first-order chi connectivity index (χ1) is 14.2. The molecule has 3 aromatic rings. The Labute approximate surface area is 178 Å². The van der Waals surface area contributed by atoms with E-state index >= 15 is 0 Å². The van der Waals surface area contributed by atoms with Crippen molar-refractivity contribution < 1.29 is 9.53 Å². The SMILES string of the molecule is O=C(Cn1c(-c2cccs2)n[nH]c1=S)NCc1ccccc1CN1CCOCC1. The summed E-state index contributed by atoms with van der Waals surface area (Å²) >= 11 is 6.87. The van der Waals surface area contributed by atoms with Gasteiger partial charge in [-0.05, 0) is 34.8 Å². The van der Waals surface area contributed by atoms with E-state index in [0.717, 1.165) is 43.3 Å². The maximum atomic E-state index is 12.6. The van der Waals surface area contributed by atoms with E-state index in [1.807, 2.05) is 29.6 Å². The summed E-state index contributed by atoms with van der Waals surface area (Å²) in [5.41, 5.74) is 2.36. The Bertz CT molecular complexity index is 1010. The fraction of sp³-hybridized carbons (Fsp3) is 0.350. The van der Waals surface area contributed by atoms with E-state index in [-0.39, 0.29) is 12.5 Å². The average molecular weight is 430 g/mol. The number of rotatable bonds is 7. The van der Waals surface area contributed by atoms with E-state index in [1.54, 1.807) is 15.9 Å². The van der Waals surface area contributed by atoms with E-state index in [0.29, 0.717) is 17.1 Å². The molecule has 3 heterocycles. The number of hydrogen-bond acceptors (Lipinski definition) is 6. The Balaban J connectivity index is 1.40. The van der Waals surface area contributed by atoms with E-state index in [9.17, 15) is 4.79 Å². The van der Waals surface area contributed by atoms with Gasteiger partial charge >= 0.3 is 0 Å². The molecule has 1 aromatic carbocycles. The minimum atomic E-state index is -0.0959. The van der Waals surface area contributed by atoms with Gasteiger partial charge in [0.15, 0.2) is 10.6 Å². The van der Waals surface area contributed by atoms with Crippen molar-refractivity contribution in [1.29, 1.82) is 0 Å². The number of nitrogens with one attached hydrogen (secondary N) is 2. The molecule has 9 heteroatoms. The molecule has 0 atom stereocenters. The Morgan fingerprint density at radius 3 is 2.76 bits per heavy atom. The van der Waals surface area contributed by atoms with Crippen molar-refractivity contribution in [1.82, 2.24) is 25.0 Å². The maximum Gasteiger partial charge on any atom is 0.240 e. The van der Waals surface area contributed by atoms with Crippen molar-refractivity contribution in [3.63, 3.8) is 0 Å². The summed E-state index contributed by atoms with van der Waals surface area (Å²) in [6.07, 6.45) is 0. The molecule has 29 heavy (non-hydrogen) atoms. The first-order valence-electron chi connectivity index (χ1n) is 9.53. The number of ether oxygens (including phenoxy) is 1. The molecule has 1 fully saturated rings. The van der Waals surface area contributed by atoms with E-state index in [1.165, 1.54) is 5.56 Å². The fourth-order valence-corrected chi connectivity index (χ4v) is 4.25. The molecule has 0 radical (unpaired) electrons. The second-order valence-corrected chi connectivity index (χ2v) is 8.18. The summed E-state index contributed by atoms with van der Waals surface area (Å²) in [5, 5.41) is 12.1. The predicted octanol–water partition coefficient (Wildman–Crippen LogP) is 2.82. The number of nitrogens with zero attached hydrogens (tertiary/aromatic N) is 3. The lowest BCUT2D eigenvalue weighted by Gasteiger charge is -2.27. The van der Waals surface area contributed by atoms with Gasteiger partial charge in [-0.15, -0.1) is 11.3 Å². The number of morpholine rings is 1. The Morgan fingerprint density at radius 2 is 2.00 bits per heavy atom. The third-order valence-corrected chi connectivity index (χ3v) is 6.07. The molecule has 0 aliphatic carbocycles. The van der Waals surface area contributed by atoms with Crippen molar-refractivity contribution >= 4 is 29.5 Å². The number of benzene rings is 1. The van der Waals surface area contributed by atoms with Crippen LogP contribution in [0.3, 0.4) is 0 Å². The largest absolute Gasteiger partial charge is 0.379 e. The van der Waals surface area contributed by atoms with Gasteiger partial charge in [0.1, 0.15) is 6.54 Å². The number of H-pyrrole nitrogens is 1. The van der Waals surface area contributed by atoms with Crippen LogP contribution in [0.5, 0.6) is 0 Å². The minimum Gasteiger partial charge on any atom is -0.379 e. The Hall–Kier alpha value is -2.33. The molecule has 1 amide bonds. The van der Waals surface area contributed by atoms with Gasteiger partial charge in [-0.25, -0.2) is 0 Å². The van der Waals surface area contributed by atoms with Crippen LogP contribution >= 0.6 is 23.6 Å². The van der Waals surface area contributed by atoms with Gasteiger partial charge in [-0.3, -0.25) is 19.4 Å². The van der Waals surface area contributed by atoms with Crippen molar-refractivity contribution in [3.8, 4) is 10.7 Å². The highest BCUT2D eigenvalue weighted by molar-refractivity contribution is 7.71. The van der Waals surface area contributed by atoms with Crippen molar-refractivity contribution in [2.75, 3.05) is 26.3 Å². The summed E-state index contributed by atoms with van der Waals surface area (Å²) in [4.78, 5) is 16.0. The van der Waals surface area contributed by atoms with E-state index in [2.05, 4.69) is 32.5 Å². The van der Waals surface area contributed by atoms with Crippen LogP contribution in [0, 0.1) is 4.77 Å². The van der Waals surface area contributed by atoms with Gasteiger partial charge in [0.25, 0.3) is 0 Å². The maximum absolute atomic E-state index is 12.6. The molecule has 4 rings (SSSR count). The van der Waals surface area contributed by atoms with Crippen molar-refractivity contribution in [2.24, 2.45) is 0 Å². The van der Waals surface area contributed by atoms with Crippen LogP contribution in [0.25, 0.3) is 10.7 Å². The predicted molar refractivity (Wildman–Crippen MR) is 115 cm³/mol. The van der Waals surface area contributed by atoms with Crippen LogP contribution in [0.1, 0.15) is 11.1 Å². The molecule has 152 valence electrons. The molecule has 1 aliphatic rings. The second kappa shape index (κ2) is 9.45.